The van der Waals surface area contributed by atoms with Crippen LogP contribution < -0.4 is 10.6 Å². The summed E-state index contributed by atoms with van der Waals surface area (Å²) in [6.07, 6.45) is 2.48. The molecule has 0 fully saturated rings. The molecule has 0 aliphatic heterocycles. The monoisotopic (exact) mass is 372 g/mol. The average molecular weight is 372 g/mol. The van der Waals surface area contributed by atoms with Gasteiger partial charge in [0.05, 0.1) is 11.3 Å². The first-order valence-corrected chi connectivity index (χ1v) is 7.96. The summed E-state index contributed by atoms with van der Waals surface area (Å²) in [6.45, 7) is 3.91. The summed E-state index contributed by atoms with van der Waals surface area (Å²) >= 11 is 0. The molecule has 0 saturated carbocycles. The molecule has 2 N–H and O–H groups in total. The van der Waals surface area contributed by atoms with Crippen molar-refractivity contribution in [1.82, 2.24) is 9.97 Å². The van der Waals surface area contributed by atoms with Crippen LogP contribution in [0.2, 0.25) is 0 Å². The molecule has 0 radical (unpaired) electrons. The number of amides is 1. The number of anilines is 3. The van der Waals surface area contributed by atoms with Crippen molar-refractivity contribution in [2.75, 3.05) is 10.6 Å². The molecule has 0 atom stereocenters. The van der Waals surface area contributed by atoms with E-state index in [4.69, 9.17) is 0 Å². The van der Waals surface area contributed by atoms with Gasteiger partial charge >= 0.3 is 0 Å². The molecule has 0 unspecified atom stereocenters. The lowest BCUT2D eigenvalue weighted by atomic mass is 10.1. The third-order valence-electron chi connectivity index (χ3n) is 3.96. The zero-order chi connectivity index (χ0) is 19.6. The summed E-state index contributed by atoms with van der Waals surface area (Å²) < 4.78 is 39.8. The molecule has 138 valence electrons. The summed E-state index contributed by atoms with van der Waals surface area (Å²) in [4.78, 5) is 20.0. The molecule has 8 heteroatoms. The Bertz CT molecular complexity index is 1010. The summed E-state index contributed by atoms with van der Waals surface area (Å²) in [7, 11) is 0. The number of hydrogen-bond acceptors (Lipinski definition) is 4. The van der Waals surface area contributed by atoms with Gasteiger partial charge in [0.1, 0.15) is 0 Å². The van der Waals surface area contributed by atoms with Crippen molar-refractivity contribution in [2.45, 2.75) is 13.8 Å². The molecule has 1 heterocycles. The highest BCUT2D eigenvalue weighted by Crippen LogP contribution is 2.22. The Morgan fingerprint density at radius 3 is 2.30 bits per heavy atom. The topological polar surface area (TPSA) is 66.9 Å². The first kappa shape index (κ1) is 18.4. The number of hydrogen-bond donors (Lipinski definition) is 2. The second kappa shape index (κ2) is 7.45. The fraction of sp³-hybridized carbons (Fsp3) is 0.105. The zero-order valence-corrected chi connectivity index (χ0v) is 14.5. The minimum atomic E-state index is -1.59. The van der Waals surface area contributed by atoms with E-state index in [1.54, 1.807) is 6.07 Å². The number of carbonyl (C=O) groups is 1. The Hall–Kier alpha value is -3.42. The van der Waals surface area contributed by atoms with Gasteiger partial charge in [0, 0.05) is 18.1 Å². The molecule has 27 heavy (non-hydrogen) atoms. The smallest absolute Gasteiger partial charge is 0.258 e. The van der Waals surface area contributed by atoms with Gasteiger partial charge < -0.3 is 10.6 Å². The van der Waals surface area contributed by atoms with Crippen molar-refractivity contribution < 1.29 is 18.0 Å². The van der Waals surface area contributed by atoms with Gasteiger partial charge in [-0.05, 0) is 49.2 Å². The number of nitrogens with zero attached hydrogens (tertiary/aromatic N) is 2. The van der Waals surface area contributed by atoms with Crippen LogP contribution in [0.1, 0.15) is 21.5 Å². The third kappa shape index (κ3) is 4.05. The Morgan fingerprint density at radius 2 is 1.63 bits per heavy atom. The SMILES string of the molecule is Cc1ccc(NC(=O)c2cnc(Nc3ccc(F)c(F)c3F)nc2)cc1C. The van der Waals surface area contributed by atoms with Crippen molar-refractivity contribution in [3.63, 3.8) is 0 Å². The van der Waals surface area contributed by atoms with Gasteiger partial charge in [-0.2, -0.15) is 0 Å². The number of halogens is 3. The van der Waals surface area contributed by atoms with Gasteiger partial charge in [0.15, 0.2) is 17.5 Å². The summed E-state index contributed by atoms with van der Waals surface area (Å²) in [5, 5.41) is 5.16. The highest BCUT2D eigenvalue weighted by Gasteiger charge is 2.14. The van der Waals surface area contributed by atoms with Crippen molar-refractivity contribution in [3.8, 4) is 0 Å². The van der Waals surface area contributed by atoms with Crippen LogP contribution in [0.4, 0.5) is 30.5 Å². The van der Waals surface area contributed by atoms with Crippen molar-refractivity contribution >= 4 is 23.2 Å². The Morgan fingerprint density at radius 1 is 0.926 bits per heavy atom. The Labute approximate surface area is 153 Å². The first-order chi connectivity index (χ1) is 12.8. The molecule has 1 amide bonds. The quantitative estimate of drug-likeness (QED) is 0.662. The van der Waals surface area contributed by atoms with E-state index >= 15 is 0 Å². The van der Waals surface area contributed by atoms with Crippen LogP contribution in [-0.2, 0) is 0 Å². The first-order valence-electron chi connectivity index (χ1n) is 7.96. The lowest BCUT2D eigenvalue weighted by Gasteiger charge is -2.09. The largest absolute Gasteiger partial charge is 0.322 e. The summed E-state index contributed by atoms with van der Waals surface area (Å²) in [5.41, 5.74) is 2.65. The van der Waals surface area contributed by atoms with E-state index in [1.165, 1.54) is 12.4 Å². The van der Waals surface area contributed by atoms with Crippen LogP contribution in [0.5, 0.6) is 0 Å². The molecule has 1 aromatic heterocycles. The Kier molecular flexibility index (Phi) is 5.07. The molecular weight excluding hydrogens is 357 g/mol. The molecule has 0 saturated heterocycles. The van der Waals surface area contributed by atoms with Gasteiger partial charge in [-0.15, -0.1) is 0 Å². The van der Waals surface area contributed by atoms with Gasteiger partial charge in [-0.25, -0.2) is 23.1 Å². The van der Waals surface area contributed by atoms with Crippen LogP contribution in [0, 0.1) is 31.3 Å². The third-order valence-corrected chi connectivity index (χ3v) is 3.96. The lowest BCUT2D eigenvalue weighted by Crippen LogP contribution is -2.13. The molecule has 2 aromatic carbocycles. The van der Waals surface area contributed by atoms with Crippen molar-refractivity contribution in [3.05, 3.63) is 76.9 Å². The van der Waals surface area contributed by atoms with Crippen LogP contribution in [0.25, 0.3) is 0 Å². The highest BCUT2D eigenvalue weighted by molar-refractivity contribution is 6.03. The van der Waals surface area contributed by atoms with E-state index < -0.39 is 23.4 Å². The zero-order valence-electron chi connectivity index (χ0n) is 14.5. The molecule has 0 bridgehead atoms. The summed E-state index contributed by atoms with van der Waals surface area (Å²) in [6, 6.07) is 7.33. The molecule has 5 nitrogen and oxygen atoms in total. The van der Waals surface area contributed by atoms with Crippen LogP contribution in [-0.4, -0.2) is 15.9 Å². The van der Waals surface area contributed by atoms with Crippen LogP contribution in [0.15, 0.2) is 42.7 Å². The van der Waals surface area contributed by atoms with E-state index in [0.29, 0.717) is 5.69 Å². The minimum Gasteiger partial charge on any atom is -0.322 e. The fourth-order valence-corrected chi connectivity index (χ4v) is 2.28. The summed E-state index contributed by atoms with van der Waals surface area (Å²) in [5.74, 6) is -4.75. The van der Waals surface area contributed by atoms with Gasteiger partial charge in [-0.1, -0.05) is 6.07 Å². The molecule has 0 spiro atoms. The second-order valence-electron chi connectivity index (χ2n) is 5.90. The maximum Gasteiger partial charge on any atom is 0.258 e. The van der Waals surface area contributed by atoms with Gasteiger partial charge in [-0.3, -0.25) is 4.79 Å². The van der Waals surface area contributed by atoms with Crippen molar-refractivity contribution in [1.29, 1.82) is 0 Å². The van der Waals surface area contributed by atoms with Crippen LogP contribution in [0.3, 0.4) is 0 Å². The molecular formula is C19H15F3N4O. The normalized spacial score (nSPS) is 10.6. The number of aromatic nitrogens is 2. The Balaban J connectivity index is 1.72. The predicted molar refractivity (Wildman–Crippen MR) is 95.5 cm³/mol. The van der Waals surface area contributed by atoms with E-state index in [-0.39, 0.29) is 17.2 Å². The number of nitrogens with one attached hydrogen (secondary N) is 2. The predicted octanol–water partition coefficient (Wildman–Crippen LogP) is 4.51. The second-order valence-corrected chi connectivity index (χ2v) is 5.90. The van der Waals surface area contributed by atoms with Gasteiger partial charge in [0.2, 0.25) is 5.95 Å². The number of benzene rings is 2. The van der Waals surface area contributed by atoms with E-state index in [0.717, 1.165) is 23.3 Å². The number of aryl methyl sites for hydroxylation is 2. The van der Waals surface area contributed by atoms with Crippen molar-refractivity contribution in [2.24, 2.45) is 0 Å². The minimum absolute atomic E-state index is 0.0670. The molecule has 3 rings (SSSR count). The standard InChI is InChI=1S/C19H15F3N4O/c1-10-3-4-13(7-11(10)2)25-18(27)12-8-23-19(24-9-12)26-15-6-5-14(20)16(21)17(15)22/h3-9H,1-2H3,(H,25,27)(H,23,24,26). The van der Waals surface area contributed by atoms with Crippen LogP contribution >= 0.6 is 0 Å². The maximum atomic E-state index is 13.7. The van der Waals surface area contributed by atoms with Gasteiger partial charge in [0.25, 0.3) is 5.91 Å². The highest BCUT2D eigenvalue weighted by atomic mass is 19.2. The number of rotatable bonds is 4. The van der Waals surface area contributed by atoms with E-state index in [9.17, 15) is 18.0 Å². The fourth-order valence-electron chi connectivity index (χ4n) is 2.28. The molecule has 3 aromatic rings. The average Bonchev–Trinajstić information content (AvgIpc) is 2.66. The molecule has 0 aliphatic rings. The number of carbonyl (C=O) groups excluding carboxylic acids is 1. The molecule has 0 aliphatic carbocycles. The lowest BCUT2D eigenvalue weighted by molar-refractivity contribution is 0.102. The van der Waals surface area contributed by atoms with E-state index in [1.807, 2.05) is 26.0 Å². The maximum absolute atomic E-state index is 13.7. The van der Waals surface area contributed by atoms with E-state index in [2.05, 4.69) is 20.6 Å².